The van der Waals surface area contributed by atoms with Crippen LogP contribution in [0.15, 0.2) is 58.8 Å². The Balaban J connectivity index is 2.33. The predicted molar refractivity (Wildman–Crippen MR) is 90.8 cm³/mol. The lowest BCUT2D eigenvalue weighted by Gasteiger charge is -2.14. The van der Waals surface area contributed by atoms with Gasteiger partial charge in [0.15, 0.2) is 0 Å². The average molecular weight is 424 g/mol. The van der Waals surface area contributed by atoms with E-state index in [2.05, 4.69) is 0 Å². The fourth-order valence-electron chi connectivity index (χ4n) is 1.98. The van der Waals surface area contributed by atoms with Crippen LogP contribution in [0.1, 0.15) is 11.1 Å². The predicted octanol–water partition coefficient (Wildman–Crippen LogP) is 3.04. The Kier molecular flexibility index (Phi) is 5.63. The molecule has 0 heterocycles. The molecule has 0 saturated carbocycles. The van der Waals surface area contributed by atoms with E-state index in [0.29, 0.717) is 5.41 Å². The van der Waals surface area contributed by atoms with E-state index in [4.69, 9.17) is 5.14 Å². The standard InChI is InChI=1S/C15H12F4N2O4S2/c16-15(17,18)12-7-5-11(6-8-12)9-10-26(22,23)21(19)13-3-1-2-4-14(13)27(20,24)25/h1-10H,(H2,20,24,25)/b10-9+. The first-order chi connectivity index (χ1) is 12.3. The average Bonchev–Trinajstić information content (AvgIpc) is 2.58. The third kappa shape index (κ3) is 5.05. The molecule has 0 aliphatic heterocycles. The highest BCUT2D eigenvalue weighted by Crippen LogP contribution is 2.30. The number of para-hydroxylation sites is 1. The van der Waals surface area contributed by atoms with Gasteiger partial charge in [-0.05, 0) is 35.9 Å². The highest BCUT2D eigenvalue weighted by Gasteiger charge is 2.30. The lowest BCUT2D eigenvalue weighted by molar-refractivity contribution is -0.137. The van der Waals surface area contributed by atoms with Gasteiger partial charge < -0.3 is 0 Å². The number of sulfonamides is 2. The van der Waals surface area contributed by atoms with Crippen LogP contribution in [0, 0.1) is 0 Å². The maximum absolute atomic E-state index is 14.4. The Hall–Kier alpha value is -2.44. The molecule has 0 spiro atoms. The van der Waals surface area contributed by atoms with Gasteiger partial charge in [0.05, 0.1) is 11.0 Å². The van der Waals surface area contributed by atoms with Gasteiger partial charge in [0.1, 0.15) is 10.6 Å². The van der Waals surface area contributed by atoms with Crippen LogP contribution in [0.3, 0.4) is 0 Å². The van der Waals surface area contributed by atoms with Crippen LogP contribution in [0.4, 0.5) is 23.3 Å². The summed E-state index contributed by atoms with van der Waals surface area (Å²) >= 11 is 0. The Morgan fingerprint density at radius 2 is 1.48 bits per heavy atom. The van der Waals surface area contributed by atoms with E-state index < -0.39 is 46.9 Å². The first-order valence-corrected chi connectivity index (χ1v) is 10.1. The van der Waals surface area contributed by atoms with Gasteiger partial charge in [-0.2, -0.15) is 21.6 Å². The zero-order chi connectivity index (χ0) is 20.5. The summed E-state index contributed by atoms with van der Waals surface area (Å²) < 4.78 is 98.1. The van der Waals surface area contributed by atoms with E-state index in [1.54, 1.807) is 0 Å². The first kappa shape index (κ1) is 20.9. The molecular formula is C15H12F4N2O4S2. The highest BCUT2D eigenvalue weighted by molar-refractivity contribution is 7.95. The molecule has 27 heavy (non-hydrogen) atoms. The van der Waals surface area contributed by atoms with Crippen molar-refractivity contribution in [2.75, 3.05) is 4.53 Å². The van der Waals surface area contributed by atoms with Crippen LogP contribution in [-0.4, -0.2) is 16.8 Å². The number of rotatable bonds is 5. The van der Waals surface area contributed by atoms with Gasteiger partial charge in [0, 0.05) is 0 Å². The molecule has 6 nitrogen and oxygen atoms in total. The monoisotopic (exact) mass is 424 g/mol. The quantitative estimate of drug-likeness (QED) is 0.589. The van der Waals surface area contributed by atoms with Gasteiger partial charge in [-0.25, -0.2) is 13.6 Å². The molecule has 0 saturated heterocycles. The molecule has 2 rings (SSSR count). The normalized spacial score (nSPS) is 13.1. The van der Waals surface area contributed by atoms with E-state index in [9.17, 15) is 34.5 Å². The lowest BCUT2D eigenvalue weighted by Crippen LogP contribution is -2.23. The summed E-state index contributed by atoms with van der Waals surface area (Å²) in [5.41, 5.74) is -1.70. The number of hydrogen-bond acceptors (Lipinski definition) is 4. The van der Waals surface area contributed by atoms with Crippen molar-refractivity contribution in [1.82, 2.24) is 0 Å². The van der Waals surface area contributed by atoms with E-state index in [1.165, 1.54) is 12.1 Å². The number of hydrogen-bond donors (Lipinski definition) is 1. The minimum absolute atomic E-state index is 0.0553. The molecule has 0 amide bonds. The number of benzene rings is 2. The minimum atomic E-state index is -4.79. The molecule has 0 unspecified atom stereocenters. The molecule has 0 bridgehead atoms. The number of nitrogens with two attached hydrogens (primary N) is 1. The molecule has 0 aromatic heterocycles. The van der Waals surface area contributed by atoms with Crippen LogP contribution in [0.2, 0.25) is 0 Å². The van der Waals surface area contributed by atoms with Crippen molar-refractivity contribution in [3.05, 3.63) is 65.1 Å². The Bertz CT molecular complexity index is 1060. The zero-order valence-corrected chi connectivity index (χ0v) is 14.9. The fourth-order valence-corrected chi connectivity index (χ4v) is 3.62. The van der Waals surface area contributed by atoms with Gasteiger partial charge in [-0.1, -0.05) is 33.3 Å². The molecule has 0 fully saturated rings. The smallest absolute Gasteiger partial charge is 0.225 e. The molecule has 146 valence electrons. The van der Waals surface area contributed by atoms with E-state index >= 15 is 0 Å². The molecule has 2 aromatic rings. The maximum Gasteiger partial charge on any atom is 0.416 e. The van der Waals surface area contributed by atoms with Crippen molar-refractivity contribution in [2.45, 2.75) is 11.1 Å². The van der Waals surface area contributed by atoms with Gasteiger partial charge in [0.2, 0.25) is 10.0 Å². The largest absolute Gasteiger partial charge is 0.416 e. The minimum Gasteiger partial charge on any atom is -0.225 e. The molecular weight excluding hydrogens is 412 g/mol. The van der Waals surface area contributed by atoms with Gasteiger partial charge in [0.25, 0.3) is 10.0 Å². The Morgan fingerprint density at radius 1 is 0.926 bits per heavy atom. The lowest BCUT2D eigenvalue weighted by atomic mass is 10.1. The van der Waals surface area contributed by atoms with Crippen LogP contribution < -0.4 is 9.67 Å². The number of halogens is 4. The zero-order valence-electron chi connectivity index (χ0n) is 13.3. The summed E-state index contributed by atoms with van der Waals surface area (Å²) in [4.78, 5) is -0.751. The van der Waals surface area contributed by atoms with Crippen molar-refractivity contribution >= 4 is 31.8 Å². The van der Waals surface area contributed by atoms with Crippen molar-refractivity contribution in [3.63, 3.8) is 0 Å². The number of primary sulfonamides is 1. The van der Waals surface area contributed by atoms with Crippen LogP contribution in [-0.2, 0) is 26.2 Å². The molecule has 0 aliphatic rings. The first-order valence-electron chi connectivity index (χ1n) is 7.01. The summed E-state index contributed by atoms with van der Waals surface area (Å²) in [5.74, 6) is 0. The number of nitrogens with zero attached hydrogens (tertiary/aromatic N) is 1. The van der Waals surface area contributed by atoms with Gasteiger partial charge in [-0.15, -0.1) is 0 Å². The van der Waals surface area contributed by atoms with Gasteiger partial charge >= 0.3 is 6.18 Å². The van der Waals surface area contributed by atoms with Crippen LogP contribution in [0.25, 0.3) is 6.08 Å². The van der Waals surface area contributed by atoms with E-state index in [0.717, 1.165) is 42.5 Å². The summed E-state index contributed by atoms with van der Waals surface area (Å²) in [6.07, 6.45) is -3.69. The van der Waals surface area contributed by atoms with Crippen LogP contribution in [0.5, 0.6) is 0 Å². The second-order valence-electron chi connectivity index (χ2n) is 5.20. The second kappa shape index (κ2) is 7.29. The highest BCUT2D eigenvalue weighted by atomic mass is 32.2. The number of anilines is 1. The third-order valence-corrected chi connectivity index (χ3v) is 5.34. The number of alkyl halides is 3. The molecule has 0 atom stereocenters. The van der Waals surface area contributed by atoms with Crippen molar-refractivity contribution in [2.24, 2.45) is 5.14 Å². The summed E-state index contributed by atoms with van der Waals surface area (Å²) in [6.45, 7) is 0. The topological polar surface area (TPSA) is 97.5 Å². The third-order valence-electron chi connectivity index (χ3n) is 3.26. The van der Waals surface area contributed by atoms with Crippen molar-refractivity contribution in [3.8, 4) is 0 Å². The molecule has 2 aromatic carbocycles. The summed E-state index contributed by atoms with van der Waals surface area (Å²) in [7, 11) is -9.19. The fraction of sp³-hybridized carbons (Fsp3) is 0.0667. The van der Waals surface area contributed by atoms with E-state index in [-0.39, 0.29) is 5.56 Å². The molecule has 12 heteroatoms. The van der Waals surface area contributed by atoms with Crippen LogP contribution >= 0.6 is 0 Å². The maximum atomic E-state index is 14.4. The Labute approximate surface area is 152 Å². The second-order valence-corrected chi connectivity index (χ2v) is 8.35. The Morgan fingerprint density at radius 3 is 2.00 bits per heavy atom. The van der Waals surface area contributed by atoms with Crippen molar-refractivity contribution < 1.29 is 34.5 Å². The molecule has 0 aliphatic carbocycles. The molecule has 2 N–H and O–H groups in total. The molecule has 0 radical (unpaired) electrons. The van der Waals surface area contributed by atoms with E-state index in [1.807, 2.05) is 0 Å². The van der Waals surface area contributed by atoms with Gasteiger partial charge in [-0.3, -0.25) is 0 Å². The summed E-state index contributed by atoms with van der Waals surface area (Å²) in [5, 5.41) is 5.31. The summed E-state index contributed by atoms with van der Waals surface area (Å²) in [6, 6.07) is 7.69. The van der Waals surface area contributed by atoms with Crippen molar-refractivity contribution in [1.29, 1.82) is 0 Å². The SMILES string of the molecule is NS(=O)(=O)c1ccccc1N(F)S(=O)(=O)/C=C/c1ccc(C(F)(F)F)cc1.